The number of ether oxygens (including phenoxy) is 1. The minimum Gasteiger partial charge on any atom is -0.376 e. The molecular formula is C11H12F3N3O3S. The number of halogens is 3. The summed E-state index contributed by atoms with van der Waals surface area (Å²) in [7, 11) is -3.44. The summed E-state index contributed by atoms with van der Waals surface area (Å²) in [6.45, 7) is -0.986. The fourth-order valence-electron chi connectivity index (χ4n) is 1.70. The number of hydrogen-bond donors (Lipinski definition) is 0. The molecule has 6 nitrogen and oxygen atoms in total. The number of sulfone groups is 1. The molecule has 21 heavy (non-hydrogen) atoms. The summed E-state index contributed by atoms with van der Waals surface area (Å²) < 4.78 is 65.1. The molecule has 2 atom stereocenters. The van der Waals surface area contributed by atoms with Crippen molar-refractivity contribution in [2.45, 2.75) is 22.8 Å². The van der Waals surface area contributed by atoms with Gasteiger partial charge >= 0.3 is 5.76 Å². The summed E-state index contributed by atoms with van der Waals surface area (Å²) in [5.41, 5.74) is 8.65. The van der Waals surface area contributed by atoms with Gasteiger partial charge in [-0.2, -0.15) is 8.78 Å². The molecule has 0 fully saturated rings. The van der Waals surface area contributed by atoms with Gasteiger partial charge in [0, 0.05) is 12.0 Å². The van der Waals surface area contributed by atoms with Gasteiger partial charge in [-0.1, -0.05) is 17.2 Å². The Kier molecular flexibility index (Phi) is 6.01. The first-order chi connectivity index (χ1) is 9.88. The molecule has 0 unspecified atom stereocenters. The van der Waals surface area contributed by atoms with Gasteiger partial charge in [0.15, 0.2) is 0 Å². The van der Waals surface area contributed by atoms with E-state index in [1.807, 2.05) is 0 Å². The van der Waals surface area contributed by atoms with Gasteiger partial charge in [-0.15, -0.1) is 0 Å². The lowest BCUT2D eigenvalue weighted by molar-refractivity contribution is 0.0721. The predicted octanol–water partition coefficient (Wildman–Crippen LogP) is 3.02. The average molecular weight is 323 g/mol. The second kappa shape index (κ2) is 7.30. The topological polar surface area (TPSA) is 92.1 Å². The van der Waals surface area contributed by atoms with Gasteiger partial charge in [0.25, 0.3) is 0 Å². The van der Waals surface area contributed by atoms with Crippen molar-refractivity contribution in [2.24, 2.45) is 5.11 Å². The molecule has 0 amide bonds. The first-order valence-electron chi connectivity index (χ1n) is 5.63. The Morgan fingerprint density at radius 3 is 2.29 bits per heavy atom. The lowest BCUT2D eigenvalue weighted by Crippen LogP contribution is -2.20. The van der Waals surface area contributed by atoms with Gasteiger partial charge in [0.2, 0.25) is 9.84 Å². The maximum absolute atomic E-state index is 12.8. The zero-order chi connectivity index (χ0) is 16.0. The van der Waals surface area contributed by atoms with Crippen LogP contribution in [0.4, 0.5) is 13.2 Å². The molecule has 0 heterocycles. The maximum atomic E-state index is 12.8. The zero-order valence-corrected chi connectivity index (χ0v) is 11.7. The van der Waals surface area contributed by atoms with E-state index in [4.69, 9.17) is 10.3 Å². The minimum atomic E-state index is -4.69. The maximum Gasteiger partial charge on any atom is 0.341 e. The molecule has 116 valence electrons. The lowest BCUT2D eigenvalue weighted by atomic mass is 10.0. The van der Waals surface area contributed by atoms with E-state index in [0.29, 0.717) is 5.56 Å². The summed E-state index contributed by atoms with van der Waals surface area (Å²) in [5.74, 6) is -3.52. The van der Waals surface area contributed by atoms with Gasteiger partial charge in [0.05, 0.1) is 17.0 Å². The molecule has 0 aliphatic rings. The summed E-state index contributed by atoms with van der Waals surface area (Å²) in [4.78, 5) is 1.93. The minimum absolute atomic E-state index is 0.306. The van der Waals surface area contributed by atoms with Crippen LogP contribution in [0.5, 0.6) is 0 Å². The third-order valence-corrected chi connectivity index (χ3v) is 4.13. The molecular weight excluding hydrogens is 311 g/mol. The van der Waals surface area contributed by atoms with E-state index in [1.54, 1.807) is 0 Å². The fraction of sp³-hybridized carbons (Fsp3) is 0.455. The second-order valence-electron chi connectivity index (χ2n) is 3.96. The summed E-state index contributed by atoms with van der Waals surface area (Å²) in [6, 6.07) is 3.21. The van der Waals surface area contributed by atoms with Crippen molar-refractivity contribution >= 4 is 9.84 Å². The van der Waals surface area contributed by atoms with Crippen molar-refractivity contribution in [1.29, 1.82) is 0 Å². The van der Waals surface area contributed by atoms with E-state index < -0.39 is 39.3 Å². The van der Waals surface area contributed by atoms with Crippen LogP contribution in [0.25, 0.3) is 10.4 Å². The Balaban J connectivity index is 3.13. The third kappa shape index (κ3) is 3.87. The predicted molar refractivity (Wildman–Crippen MR) is 68.3 cm³/mol. The molecule has 0 radical (unpaired) electrons. The van der Waals surface area contributed by atoms with Crippen LogP contribution in [0, 0.1) is 0 Å². The summed E-state index contributed by atoms with van der Waals surface area (Å²) >= 11 is 0. The zero-order valence-electron chi connectivity index (χ0n) is 10.9. The Bertz CT molecular complexity index is 615. The number of alkyl halides is 3. The molecule has 0 aliphatic heterocycles. The molecule has 0 aromatic heterocycles. The number of azide groups is 1. The quantitative estimate of drug-likeness (QED) is 0.438. The second-order valence-corrected chi connectivity index (χ2v) is 5.88. The van der Waals surface area contributed by atoms with Crippen molar-refractivity contribution in [1.82, 2.24) is 0 Å². The van der Waals surface area contributed by atoms with E-state index >= 15 is 0 Å². The first kappa shape index (κ1) is 17.3. The van der Waals surface area contributed by atoms with Crippen LogP contribution in [0.1, 0.15) is 11.7 Å². The van der Waals surface area contributed by atoms with E-state index in [0.717, 1.165) is 12.1 Å². The van der Waals surface area contributed by atoms with E-state index in [-0.39, 0.29) is 0 Å². The van der Waals surface area contributed by atoms with Crippen LogP contribution in [0.2, 0.25) is 0 Å². The summed E-state index contributed by atoms with van der Waals surface area (Å²) in [5, 5.41) is 3.23. The largest absolute Gasteiger partial charge is 0.376 e. The number of hydrogen-bond acceptors (Lipinski definition) is 4. The van der Waals surface area contributed by atoms with Crippen LogP contribution >= 0.6 is 0 Å². The van der Waals surface area contributed by atoms with Gasteiger partial charge in [-0.25, -0.2) is 8.42 Å². The van der Waals surface area contributed by atoms with Gasteiger partial charge in [-0.3, -0.25) is 4.39 Å². The Labute approximate surface area is 119 Å². The highest BCUT2D eigenvalue weighted by molar-refractivity contribution is 7.91. The molecule has 0 saturated heterocycles. The van der Waals surface area contributed by atoms with Crippen molar-refractivity contribution in [3.63, 3.8) is 0 Å². The summed E-state index contributed by atoms with van der Waals surface area (Å²) in [6.07, 6.45) is -0.950. The van der Waals surface area contributed by atoms with Crippen LogP contribution in [0.3, 0.4) is 0 Å². The number of benzene rings is 1. The Morgan fingerprint density at radius 2 is 1.90 bits per heavy atom. The smallest absolute Gasteiger partial charge is 0.341 e. The van der Waals surface area contributed by atoms with Crippen molar-refractivity contribution in [3.8, 4) is 0 Å². The lowest BCUT2D eigenvalue weighted by Gasteiger charge is -2.20. The standard InChI is InChI=1S/C11H12F3N3O3S/c1-20-10(9(6-12)16-17-15)7-2-4-8(5-3-7)21(18,19)11(13)14/h2-5,9-11H,6H2,1H3/t9-,10-/m1/s1. The molecule has 1 aromatic rings. The molecule has 0 bridgehead atoms. The monoisotopic (exact) mass is 323 g/mol. The van der Waals surface area contributed by atoms with Gasteiger partial charge in [0.1, 0.15) is 6.67 Å². The highest BCUT2D eigenvalue weighted by Crippen LogP contribution is 2.26. The molecule has 0 saturated carbocycles. The van der Waals surface area contributed by atoms with Crippen LogP contribution in [-0.4, -0.2) is 34.0 Å². The highest BCUT2D eigenvalue weighted by Gasteiger charge is 2.27. The Hall–Kier alpha value is -1.77. The number of nitrogens with zero attached hydrogens (tertiary/aromatic N) is 3. The average Bonchev–Trinajstić information content (AvgIpc) is 2.47. The van der Waals surface area contributed by atoms with Gasteiger partial charge < -0.3 is 4.74 Å². The van der Waals surface area contributed by atoms with Crippen LogP contribution < -0.4 is 0 Å². The fourth-order valence-corrected chi connectivity index (χ4v) is 2.43. The highest BCUT2D eigenvalue weighted by atomic mass is 32.2. The first-order valence-corrected chi connectivity index (χ1v) is 7.18. The molecule has 10 heteroatoms. The number of methoxy groups -OCH3 is 1. The molecule has 1 rings (SSSR count). The van der Waals surface area contributed by atoms with Crippen molar-refractivity contribution in [2.75, 3.05) is 13.8 Å². The van der Waals surface area contributed by atoms with Gasteiger partial charge in [-0.05, 0) is 23.2 Å². The Morgan fingerprint density at radius 1 is 1.33 bits per heavy atom. The van der Waals surface area contributed by atoms with Crippen LogP contribution in [0.15, 0.2) is 34.3 Å². The molecule has 0 aliphatic carbocycles. The number of rotatable bonds is 7. The van der Waals surface area contributed by atoms with Crippen LogP contribution in [-0.2, 0) is 14.6 Å². The molecule has 0 N–H and O–H groups in total. The van der Waals surface area contributed by atoms with E-state index in [1.165, 1.54) is 19.2 Å². The third-order valence-electron chi connectivity index (χ3n) is 2.73. The van der Waals surface area contributed by atoms with Crippen molar-refractivity contribution in [3.05, 3.63) is 40.3 Å². The SMILES string of the molecule is CO[C@H](c1ccc(S(=O)(=O)C(F)F)cc1)[C@@H](CF)N=[N+]=[N-]. The van der Waals surface area contributed by atoms with Crippen molar-refractivity contribution < 1.29 is 26.3 Å². The molecule has 0 spiro atoms. The van der Waals surface area contributed by atoms with E-state index in [9.17, 15) is 21.6 Å². The van der Waals surface area contributed by atoms with E-state index in [2.05, 4.69) is 10.0 Å². The normalized spacial score (nSPS) is 14.5. The molecule has 1 aromatic carbocycles.